The zero-order chi connectivity index (χ0) is 13.1. The van der Waals surface area contributed by atoms with Gasteiger partial charge in [-0.3, -0.25) is 10.1 Å². The number of hydrogen-bond acceptors (Lipinski definition) is 5. The van der Waals surface area contributed by atoms with E-state index in [0.29, 0.717) is 12.4 Å². The van der Waals surface area contributed by atoms with E-state index in [1.807, 2.05) is 4.90 Å². The van der Waals surface area contributed by atoms with Crippen molar-refractivity contribution in [1.29, 1.82) is 0 Å². The number of ether oxygens (including phenoxy) is 1. The summed E-state index contributed by atoms with van der Waals surface area (Å²) < 4.78 is 6.96. The Morgan fingerprint density at radius 1 is 1.56 bits per heavy atom. The van der Waals surface area contributed by atoms with Gasteiger partial charge in [-0.2, -0.15) is 5.10 Å². The molecule has 0 aliphatic carbocycles. The van der Waals surface area contributed by atoms with E-state index in [1.54, 1.807) is 18.8 Å². The summed E-state index contributed by atoms with van der Waals surface area (Å²) in [6.07, 6.45) is 4.53. The van der Waals surface area contributed by atoms with Gasteiger partial charge in [-0.05, 0) is 19.3 Å². The lowest BCUT2D eigenvalue weighted by atomic mass is 10.2. The molecule has 0 radical (unpaired) electrons. The largest absolute Gasteiger partial charge is 0.380 e. The molecule has 1 aliphatic rings. The molecule has 0 aromatic carbocycles. The molecule has 2 rings (SSSR count). The molecule has 7 nitrogen and oxygen atoms in total. The van der Waals surface area contributed by atoms with Gasteiger partial charge in [0.05, 0.1) is 11.0 Å². The Balaban J connectivity index is 2.28. The maximum absolute atomic E-state index is 11.0. The Kier molecular flexibility index (Phi) is 3.81. The van der Waals surface area contributed by atoms with Crippen LogP contribution in [0, 0.1) is 10.1 Å². The number of methoxy groups -OCH3 is 1. The highest BCUT2D eigenvalue weighted by atomic mass is 16.6. The van der Waals surface area contributed by atoms with Crippen LogP contribution in [0.15, 0.2) is 6.20 Å². The average molecular weight is 254 g/mol. The maximum atomic E-state index is 11.0. The van der Waals surface area contributed by atoms with E-state index in [9.17, 15) is 10.1 Å². The van der Waals surface area contributed by atoms with Crippen molar-refractivity contribution in [1.82, 2.24) is 9.78 Å². The molecule has 7 heteroatoms. The van der Waals surface area contributed by atoms with Crippen molar-refractivity contribution >= 4 is 11.5 Å². The third-order valence-corrected chi connectivity index (χ3v) is 3.35. The van der Waals surface area contributed by atoms with E-state index in [0.717, 1.165) is 25.8 Å². The average Bonchev–Trinajstić information content (AvgIpc) is 2.60. The lowest BCUT2D eigenvalue weighted by Gasteiger charge is -2.24. The van der Waals surface area contributed by atoms with Crippen LogP contribution in [0.2, 0.25) is 0 Å². The summed E-state index contributed by atoms with van der Waals surface area (Å²) in [5, 5.41) is 15.0. The van der Waals surface area contributed by atoms with Gasteiger partial charge in [0.2, 0.25) is 5.82 Å². The van der Waals surface area contributed by atoms with Crippen LogP contribution in [0.5, 0.6) is 0 Å². The third kappa shape index (κ3) is 2.45. The molecule has 100 valence electrons. The van der Waals surface area contributed by atoms with Crippen LogP contribution >= 0.6 is 0 Å². The molecule has 2 heterocycles. The molecule has 1 aromatic heterocycles. The summed E-state index contributed by atoms with van der Waals surface area (Å²) in [4.78, 5) is 12.6. The third-order valence-electron chi connectivity index (χ3n) is 3.35. The smallest absolute Gasteiger partial charge is 0.331 e. The van der Waals surface area contributed by atoms with Crippen LogP contribution < -0.4 is 4.90 Å². The second-order valence-electron chi connectivity index (χ2n) is 4.53. The number of aromatic nitrogens is 2. The zero-order valence-corrected chi connectivity index (χ0v) is 10.7. The van der Waals surface area contributed by atoms with Crippen LogP contribution in [0.1, 0.15) is 19.3 Å². The molecule has 1 saturated heterocycles. The number of hydrogen-bond donors (Lipinski definition) is 0. The first-order valence-electron chi connectivity index (χ1n) is 6.07. The summed E-state index contributed by atoms with van der Waals surface area (Å²) >= 11 is 0. The number of rotatable bonds is 3. The van der Waals surface area contributed by atoms with E-state index < -0.39 is 0 Å². The fourth-order valence-electron chi connectivity index (χ4n) is 2.40. The molecule has 1 unspecified atom stereocenters. The van der Waals surface area contributed by atoms with Crippen molar-refractivity contribution in [3.05, 3.63) is 16.3 Å². The second kappa shape index (κ2) is 5.34. The van der Waals surface area contributed by atoms with Crippen molar-refractivity contribution in [2.45, 2.75) is 25.4 Å². The van der Waals surface area contributed by atoms with Crippen molar-refractivity contribution in [2.75, 3.05) is 25.1 Å². The van der Waals surface area contributed by atoms with Crippen LogP contribution in [0.4, 0.5) is 11.5 Å². The number of anilines is 1. The second-order valence-corrected chi connectivity index (χ2v) is 4.53. The van der Waals surface area contributed by atoms with Gasteiger partial charge in [-0.25, -0.2) is 4.68 Å². The van der Waals surface area contributed by atoms with Crippen molar-refractivity contribution < 1.29 is 9.66 Å². The lowest BCUT2D eigenvalue weighted by Crippen LogP contribution is -2.33. The van der Waals surface area contributed by atoms with E-state index in [1.165, 1.54) is 6.20 Å². The summed E-state index contributed by atoms with van der Waals surface area (Å²) in [6, 6.07) is 0. The van der Waals surface area contributed by atoms with E-state index in [4.69, 9.17) is 4.74 Å². The molecule has 1 aliphatic heterocycles. The molecule has 0 saturated carbocycles. The minimum atomic E-state index is -0.380. The van der Waals surface area contributed by atoms with Gasteiger partial charge in [0, 0.05) is 27.2 Å². The predicted molar refractivity (Wildman–Crippen MR) is 66.7 cm³/mol. The summed E-state index contributed by atoms with van der Waals surface area (Å²) in [7, 11) is 3.42. The Morgan fingerprint density at radius 3 is 3.00 bits per heavy atom. The fourth-order valence-corrected chi connectivity index (χ4v) is 2.40. The highest BCUT2D eigenvalue weighted by Gasteiger charge is 2.27. The van der Waals surface area contributed by atoms with Crippen molar-refractivity contribution in [3.8, 4) is 0 Å². The minimum Gasteiger partial charge on any atom is -0.380 e. The lowest BCUT2D eigenvalue weighted by molar-refractivity contribution is -0.384. The van der Waals surface area contributed by atoms with E-state index >= 15 is 0 Å². The zero-order valence-electron chi connectivity index (χ0n) is 10.7. The first-order valence-corrected chi connectivity index (χ1v) is 6.07. The highest BCUT2D eigenvalue weighted by Crippen LogP contribution is 2.29. The van der Waals surface area contributed by atoms with E-state index in [2.05, 4.69) is 5.10 Å². The first kappa shape index (κ1) is 12.8. The van der Waals surface area contributed by atoms with Gasteiger partial charge in [-0.1, -0.05) is 0 Å². The number of nitrogens with zero attached hydrogens (tertiary/aromatic N) is 4. The molecular weight excluding hydrogens is 236 g/mol. The Labute approximate surface area is 105 Å². The molecule has 1 aromatic rings. The maximum Gasteiger partial charge on any atom is 0.331 e. The van der Waals surface area contributed by atoms with Gasteiger partial charge < -0.3 is 9.64 Å². The number of aryl methyl sites for hydroxylation is 1. The van der Waals surface area contributed by atoms with Gasteiger partial charge in [0.1, 0.15) is 6.20 Å². The Hall–Kier alpha value is -1.63. The molecule has 0 bridgehead atoms. The predicted octanol–water partition coefficient (Wildman–Crippen LogP) is 1.33. The molecule has 0 N–H and O–H groups in total. The fraction of sp³-hybridized carbons (Fsp3) is 0.727. The van der Waals surface area contributed by atoms with Crippen LogP contribution in [0.25, 0.3) is 0 Å². The van der Waals surface area contributed by atoms with Gasteiger partial charge in [-0.15, -0.1) is 0 Å². The highest BCUT2D eigenvalue weighted by molar-refractivity contribution is 5.57. The number of nitro groups is 1. The van der Waals surface area contributed by atoms with Crippen molar-refractivity contribution in [2.24, 2.45) is 7.05 Å². The molecular formula is C11H18N4O3. The molecule has 1 atom stereocenters. The van der Waals surface area contributed by atoms with Gasteiger partial charge in [0.25, 0.3) is 0 Å². The molecule has 0 amide bonds. The van der Waals surface area contributed by atoms with Crippen LogP contribution in [0.3, 0.4) is 0 Å². The molecule has 1 fully saturated rings. The minimum absolute atomic E-state index is 0.0641. The summed E-state index contributed by atoms with van der Waals surface area (Å²) in [5.74, 6) is 0.573. The normalized spacial score (nSPS) is 20.8. The first-order chi connectivity index (χ1) is 8.63. The van der Waals surface area contributed by atoms with Crippen LogP contribution in [-0.4, -0.2) is 41.0 Å². The summed E-state index contributed by atoms with van der Waals surface area (Å²) in [5.41, 5.74) is 0.0641. The van der Waals surface area contributed by atoms with E-state index in [-0.39, 0.29) is 16.7 Å². The van der Waals surface area contributed by atoms with Gasteiger partial charge >= 0.3 is 5.69 Å². The van der Waals surface area contributed by atoms with Gasteiger partial charge in [0.15, 0.2) is 0 Å². The SMILES string of the molecule is COC1CCCCN(c2c([N+](=O)[O-])cnn2C)C1. The quantitative estimate of drug-likeness (QED) is 0.601. The Morgan fingerprint density at radius 2 is 2.33 bits per heavy atom. The standard InChI is InChI=1S/C11H18N4O3/c1-13-11(10(7-12-13)15(16)17)14-6-4-3-5-9(8-14)18-2/h7,9H,3-6,8H2,1-2H3. The summed E-state index contributed by atoms with van der Waals surface area (Å²) in [6.45, 7) is 1.48. The molecule has 0 spiro atoms. The Bertz CT molecular complexity index is 432. The van der Waals surface area contributed by atoms with Crippen LogP contribution in [-0.2, 0) is 11.8 Å². The monoisotopic (exact) mass is 254 g/mol. The topological polar surface area (TPSA) is 73.4 Å². The van der Waals surface area contributed by atoms with Crippen molar-refractivity contribution in [3.63, 3.8) is 0 Å². The molecule has 18 heavy (non-hydrogen) atoms.